The highest BCUT2D eigenvalue weighted by Crippen LogP contribution is 2.65. The van der Waals surface area contributed by atoms with E-state index in [1.807, 2.05) is 0 Å². The number of para-hydroxylation sites is 1. The van der Waals surface area contributed by atoms with Gasteiger partial charge >= 0.3 is 0 Å². The smallest absolute Gasteiger partial charge is 0.143 e. The van der Waals surface area contributed by atoms with Crippen LogP contribution in [0.15, 0.2) is 259 Å². The molecule has 0 atom stereocenters. The predicted octanol–water partition coefficient (Wildman–Crippen LogP) is 20.0. The molecule has 0 N–H and O–H groups in total. The van der Waals surface area contributed by atoms with Crippen LogP contribution in [-0.4, -0.2) is 0 Å². The second-order valence-corrected chi connectivity index (χ2v) is 23.0. The van der Waals surface area contributed by atoms with E-state index >= 15 is 0 Å². The van der Waals surface area contributed by atoms with Gasteiger partial charge < -0.3 is 9.32 Å². The van der Waals surface area contributed by atoms with Gasteiger partial charge in [0.25, 0.3) is 0 Å². The second kappa shape index (κ2) is 17.4. The Hall–Kier alpha value is -8.72. The summed E-state index contributed by atoms with van der Waals surface area (Å²) in [5.41, 5.74) is 21.3. The van der Waals surface area contributed by atoms with Gasteiger partial charge in [0.2, 0.25) is 0 Å². The minimum Gasteiger partial charge on any atom is -0.455 e. The second-order valence-electron chi connectivity index (χ2n) is 23.0. The van der Waals surface area contributed by atoms with Crippen molar-refractivity contribution in [2.75, 3.05) is 4.90 Å². The Morgan fingerprint density at radius 3 is 1.47 bits per heavy atom. The van der Waals surface area contributed by atoms with E-state index in [-0.39, 0.29) is 5.41 Å². The highest BCUT2D eigenvalue weighted by Gasteiger charge is 2.54. The number of rotatable bonds is 9. The first-order chi connectivity index (χ1) is 38.1. The van der Waals surface area contributed by atoms with E-state index in [2.05, 4.69) is 260 Å². The fraction of sp³-hybridized carbons (Fsp3) is 0.147. The molecule has 0 aliphatic heterocycles. The quantitative estimate of drug-likeness (QED) is 0.143. The summed E-state index contributed by atoms with van der Waals surface area (Å²) >= 11 is 0. The lowest BCUT2D eigenvalue weighted by Crippen LogP contribution is -2.48. The minimum absolute atomic E-state index is 0.112. The zero-order valence-electron chi connectivity index (χ0n) is 43.1. The van der Waals surface area contributed by atoms with Crippen LogP contribution in [0.2, 0.25) is 0 Å². The standard InChI is InChI=1S/C75H57NO/c1-4-15-52(16-5-1)54-29-35-61(36-30-54)76(62-37-31-55(32-38-62)58-28-27-53-17-10-11-18-57(53)44-58)63-39-33-56(34-40-63)64-24-14-25-66-71-68(74-46-49-41-50(47-74)43-51(42-49)48-74)45-69-70(73(71)77-72(64)66)65-23-12-13-26-67(65)75(69,59-19-6-2-7-20-59)60-21-8-3-9-22-60/h1-40,44-45,49-51H,41-43,46-48H2. The first-order valence-electron chi connectivity index (χ1n) is 28.0. The third-order valence-corrected chi connectivity index (χ3v) is 18.7. The van der Waals surface area contributed by atoms with Gasteiger partial charge in [0, 0.05) is 39.0 Å². The Balaban J connectivity index is 0.867. The van der Waals surface area contributed by atoms with Crippen molar-refractivity contribution >= 4 is 49.8 Å². The summed E-state index contributed by atoms with van der Waals surface area (Å²) in [7, 11) is 0. The van der Waals surface area contributed by atoms with Crippen LogP contribution in [0, 0.1) is 17.8 Å². The van der Waals surface area contributed by atoms with Gasteiger partial charge in [0.05, 0.1) is 5.41 Å². The van der Waals surface area contributed by atoms with Crippen molar-refractivity contribution in [3.05, 3.63) is 283 Å². The average molecular weight is 988 g/mol. The van der Waals surface area contributed by atoms with Crippen molar-refractivity contribution in [3.63, 3.8) is 0 Å². The largest absolute Gasteiger partial charge is 0.455 e. The van der Waals surface area contributed by atoms with Crippen molar-refractivity contribution in [1.29, 1.82) is 0 Å². The van der Waals surface area contributed by atoms with Crippen LogP contribution in [0.25, 0.3) is 77.2 Å². The number of fused-ring (bicyclic) bond motifs is 8. The normalized spacial score (nSPS) is 19.7. The molecule has 5 aliphatic rings. The van der Waals surface area contributed by atoms with Gasteiger partial charge in [-0.05, 0) is 176 Å². The Bertz CT molecular complexity index is 4140. The molecular formula is C75H57NO. The average Bonchev–Trinajstić information content (AvgIpc) is 4.26. The number of furan rings is 1. The summed E-state index contributed by atoms with van der Waals surface area (Å²) in [6.07, 6.45) is 8.02. The van der Waals surface area contributed by atoms with Gasteiger partial charge in [-0.3, -0.25) is 0 Å². The van der Waals surface area contributed by atoms with Gasteiger partial charge in [-0.1, -0.05) is 212 Å². The molecular weight excluding hydrogens is 931 g/mol. The summed E-state index contributed by atoms with van der Waals surface area (Å²) in [6, 6.07) is 94.8. The lowest BCUT2D eigenvalue weighted by molar-refractivity contribution is -0.00451. The number of hydrogen-bond donors (Lipinski definition) is 0. The van der Waals surface area contributed by atoms with E-state index in [0.717, 1.165) is 57.1 Å². The molecule has 2 nitrogen and oxygen atoms in total. The Morgan fingerprint density at radius 1 is 0.351 bits per heavy atom. The van der Waals surface area contributed by atoms with Gasteiger partial charge in [-0.2, -0.15) is 0 Å². The fourth-order valence-corrected chi connectivity index (χ4v) is 15.8. The molecule has 1 heterocycles. The molecule has 0 amide bonds. The number of benzene rings is 11. The molecule has 4 bridgehead atoms. The molecule has 0 unspecified atom stereocenters. The summed E-state index contributed by atoms with van der Waals surface area (Å²) in [6.45, 7) is 0. The van der Waals surface area contributed by atoms with Crippen LogP contribution in [-0.2, 0) is 10.8 Å². The first-order valence-corrected chi connectivity index (χ1v) is 28.0. The molecule has 2 heteroatoms. The van der Waals surface area contributed by atoms with Crippen LogP contribution in [0.3, 0.4) is 0 Å². The lowest BCUT2D eigenvalue weighted by Gasteiger charge is -2.57. The molecule has 1 aromatic heterocycles. The highest BCUT2D eigenvalue weighted by atomic mass is 16.3. The van der Waals surface area contributed by atoms with Crippen LogP contribution in [0.1, 0.15) is 66.3 Å². The topological polar surface area (TPSA) is 16.4 Å². The van der Waals surface area contributed by atoms with Gasteiger partial charge in [0.15, 0.2) is 0 Å². The number of anilines is 3. The maximum atomic E-state index is 7.73. The molecule has 4 saturated carbocycles. The minimum atomic E-state index is -0.512. The maximum Gasteiger partial charge on any atom is 0.143 e. The molecule has 368 valence electrons. The van der Waals surface area contributed by atoms with E-state index in [1.165, 1.54) is 121 Å². The van der Waals surface area contributed by atoms with Crippen LogP contribution < -0.4 is 4.90 Å². The van der Waals surface area contributed by atoms with Crippen molar-refractivity contribution < 1.29 is 4.42 Å². The summed E-state index contributed by atoms with van der Waals surface area (Å²) in [5.74, 6) is 2.39. The molecule has 0 radical (unpaired) electrons. The molecule has 77 heavy (non-hydrogen) atoms. The summed E-state index contributed by atoms with van der Waals surface area (Å²) in [4.78, 5) is 2.38. The monoisotopic (exact) mass is 987 g/mol. The predicted molar refractivity (Wildman–Crippen MR) is 319 cm³/mol. The van der Waals surface area contributed by atoms with Crippen LogP contribution in [0.5, 0.6) is 0 Å². The van der Waals surface area contributed by atoms with E-state index in [0.29, 0.717) is 0 Å². The summed E-state index contributed by atoms with van der Waals surface area (Å²) in [5, 5.41) is 5.07. The Labute approximate surface area is 450 Å². The van der Waals surface area contributed by atoms with Crippen molar-refractivity contribution in [1.82, 2.24) is 0 Å². The zero-order chi connectivity index (χ0) is 50.7. The molecule has 5 aliphatic carbocycles. The van der Waals surface area contributed by atoms with E-state index in [4.69, 9.17) is 4.42 Å². The SMILES string of the molecule is c1ccc(-c2ccc(N(c3ccc(-c4ccc5ccccc5c4)cc3)c3ccc(-c4cccc5c4oc4c6c(cc(C78CC9CC(CC(C9)C7)C8)c45)C(c4ccccc4)(c4ccccc4)c4ccccc4-6)cc3)cc2)cc1. The van der Waals surface area contributed by atoms with Gasteiger partial charge in [0.1, 0.15) is 11.2 Å². The third-order valence-electron chi connectivity index (χ3n) is 18.7. The van der Waals surface area contributed by atoms with Crippen molar-refractivity contribution in [2.45, 2.75) is 49.4 Å². The van der Waals surface area contributed by atoms with E-state index in [1.54, 1.807) is 0 Å². The van der Waals surface area contributed by atoms with E-state index in [9.17, 15) is 0 Å². The number of hydrogen-bond acceptors (Lipinski definition) is 2. The zero-order valence-corrected chi connectivity index (χ0v) is 43.1. The summed E-state index contributed by atoms with van der Waals surface area (Å²) < 4.78 is 7.73. The first kappa shape index (κ1) is 44.6. The van der Waals surface area contributed by atoms with Crippen molar-refractivity contribution in [2.24, 2.45) is 17.8 Å². The molecule has 4 fully saturated rings. The van der Waals surface area contributed by atoms with Crippen LogP contribution >= 0.6 is 0 Å². The highest BCUT2D eigenvalue weighted by molar-refractivity contribution is 6.17. The Morgan fingerprint density at radius 2 is 0.844 bits per heavy atom. The number of nitrogens with zero attached hydrogens (tertiary/aromatic N) is 1. The van der Waals surface area contributed by atoms with Crippen molar-refractivity contribution in [3.8, 4) is 44.5 Å². The van der Waals surface area contributed by atoms with E-state index < -0.39 is 5.41 Å². The Kier molecular flexibility index (Phi) is 10.1. The molecule has 11 aromatic carbocycles. The van der Waals surface area contributed by atoms with Crippen LogP contribution in [0.4, 0.5) is 17.1 Å². The molecule has 17 rings (SSSR count). The molecule has 12 aromatic rings. The lowest BCUT2D eigenvalue weighted by atomic mass is 9.47. The van der Waals surface area contributed by atoms with Gasteiger partial charge in [-0.15, -0.1) is 0 Å². The molecule has 0 saturated heterocycles. The fourth-order valence-electron chi connectivity index (χ4n) is 15.8. The molecule has 0 spiro atoms. The maximum absolute atomic E-state index is 7.73. The van der Waals surface area contributed by atoms with Gasteiger partial charge in [-0.25, -0.2) is 0 Å². The third kappa shape index (κ3) is 6.94.